The number of hydrogen-bond acceptors (Lipinski definition) is 4. The number of Topliss-reactive ketones (excluding diaryl/α,β-unsaturated/α-hetero) is 1. The van der Waals surface area contributed by atoms with Gasteiger partial charge in [-0.05, 0) is 44.0 Å². The largest absolute Gasteiger partial charge is 0.573 e. The number of halogens is 3. The molecule has 0 aromatic heterocycles. The smallest absolute Gasteiger partial charge is 0.406 e. The Bertz CT molecular complexity index is 1020. The van der Waals surface area contributed by atoms with Crippen LogP contribution in [0.4, 0.5) is 18.0 Å². The van der Waals surface area contributed by atoms with E-state index in [-0.39, 0.29) is 5.56 Å². The first kappa shape index (κ1) is 21.4. The van der Waals surface area contributed by atoms with E-state index in [9.17, 15) is 27.6 Å². The number of urea groups is 1. The van der Waals surface area contributed by atoms with E-state index in [0.717, 1.165) is 28.2 Å². The van der Waals surface area contributed by atoms with Crippen LogP contribution in [0.25, 0.3) is 0 Å². The lowest BCUT2D eigenvalue weighted by Gasteiger charge is -2.22. The summed E-state index contributed by atoms with van der Waals surface area (Å²) in [6, 6.07) is 9.10. The summed E-state index contributed by atoms with van der Waals surface area (Å²) in [6.07, 6.45) is -4.84. The monoisotopic (exact) mass is 420 g/mol. The zero-order chi connectivity index (χ0) is 22.3. The van der Waals surface area contributed by atoms with Crippen molar-refractivity contribution in [3.8, 4) is 5.75 Å². The minimum Gasteiger partial charge on any atom is -0.406 e. The molecule has 9 heteroatoms. The molecule has 1 fully saturated rings. The number of alkyl halides is 3. The van der Waals surface area contributed by atoms with Gasteiger partial charge in [0.15, 0.2) is 5.78 Å². The summed E-state index contributed by atoms with van der Waals surface area (Å²) in [5, 5.41) is 2.52. The number of imide groups is 1. The van der Waals surface area contributed by atoms with E-state index in [0.29, 0.717) is 5.56 Å². The van der Waals surface area contributed by atoms with Gasteiger partial charge >= 0.3 is 12.4 Å². The molecule has 158 valence electrons. The molecule has 2 aromatic rings. The lowest BCUT2D eigenvalue weighted by Crippen LogP contribution is -2.41. The van der Waals surface area contributed by atoms with Gasteiger partial charge in [-0.2, -0.15) is 0 Å². The summed E-state index contributed by atoms with van der Waals surface area (Å²) >= 11 is 0. The minimum absolute atomic E-state index is 0.261. The molecular weight excluding hydrogens is 401 g/mol. The molecule has 1 saturated heterocycles. The summed E-state index contributed by atoms with van der Waals surface area (Å²) in [6.45, 7) is 4.63. The van der Waals surface area contributed by atoms with E-state index < -0.39 is 41.9 Å². The first-order chi connectivity index (χ1) is 13.9. The Morgan fingerprint density at radius 3 is 2.30 bits per heavy atom. The fraction of sp³-hybridized carbons (Fsp3) is 0.286. The van der Waals surface area contributed by atoms with Crippen LogP contribution in [0, 0.1) is 13.8 Å². The third-order valence-corrected chi connectivity index (χ3v) is 4.92. The van der Waals surface area contributed by atoms with Crippen LogP contribution in [-0.2, 0) is 10.3 Å². The predicted octanol–water partition coefficient (Wildman–Crippen LogP) is 3.85. The minimum atomic E-state index is -4.84. The van der Waals surface area contributed by atoms with Crippen LogP contribution in [-0.4, -0.2) is 35.5 Å². The lowest BCUT2D eigenvalue weighted by atomic mass is 9.92. The fourth-order valence-corrected chi connectivity index (χ4v) is 3.38. The Morgan fingerprint density at radius 1 is 1.10 bits per heavy atom. The number of nitrogens with one attached hydrogen (secondary N) is 1. The Hall–Kier alpha value is -3.36. The van der Waals surface area contributed by atoms with Gasteiger partial charge in [0.2, 0.25) is 0 Å². The molecule has 0 saturated carbocycles. The summed E-state index contributed by atoms with van der Waals surface area (Å²) in [5.41, 5.74) is 0.858. The molecule has 0 aliphatic carbocycles. The zero-order valence-electron chi connectivity index (χ0n) is 16.5. The Balaban J connectivity index is 1.80. The standard InChI is InChI=1S/C21H19F3N2O4/c1-12-4-9-16(13(2)10-12)17(27)11-26-18(28)20(3,25-19(26)29)14-5-7-15(8-6-14)30-21(22,23)24/h4-10H,11H2,1-3H3,(H,25,29). The molecule has 1 unspecified atom stereocenters. The lowest BCUT2D eigenvalue weighted by molar-refractivity contribution is -0.274. The summed E-state index contributed by atoms with van der Waals surface area (Å²) in [4.78, 5) is 38.8. The zero-order valence-corrected chi connectivity index (χ0v) is 16.5. The molecule has 0 bridgehead atoms. The van der Waals surface area contributed by atoms with Gasteiger partial charge in [-0.25, -0.2) is 4.79 Å². The van der Waals surface area contributed by atoms with Gasteiger partial charge in [0.05, 0.1) is 6.54 Å². The number of ketones is 1. The number of rotatable bonds is 5. The molecule has 0 radical (unpaired) electrons. The number of nitrogens with zero attached hydrogens (tertiary/aromatic N) is 1. The van der Waals surface area contributed by atoms with Crippen molar-refractivity contribution in [1.29, 1.82) is 0 Å². The average Bonchev–Trinajstić information content (AvgIpc) is 2.85. The average molecular weight is 420 g/mol. The molecular formula is C21H19F3N2O4. The molecule has 1 atom stereocenters. The number of benzene rings is 2. The fourth-order valence-electron chi connectivity index (χ4n) is 3.38. The van der Waals surface area contributed by atoms with Crippen molar-refractivity contribution in [3.63, 3.8) is 0 Å². The highest BCUT2D eigenvalue weighted by Gasteiger charge is 2.49. The summed E-state index contributed by atoms with van der Waals surface area (Å²) in [5.74, 6) is -1.52. The van der Waals surface area contributed by atoms with Crippen LogP contribution >= 0.6 is 0 Å². The van der Waals surface area contributed by atoms with Crippen molar-refractivity contribution < 1.29 is 32.3 Å². The van der Waals surface area contributed by atoms with Gasteiger partial charge in [0.25, 0.3) is 5.91 Å². The van der Waals surface area contributed by atoms with Crippen molar-refractivity contribution in [1.82, 2.24) is 10.2 Å². The normalized spacial score (nSPS) is 19.1. The van der Waals surface area contributed by atoms with Crippen molar-refractivity contribution in [2.24, 2.45) is 0 Å². The van der Waals surface area contributed by atoms with E-state index in [2.05, 4.69) is 10.1 Å². The summed E-state index contributed by atoms with van der Waals surface area (Å²) < 4.78 is 40.8. The molecule has 3 rings (SSSR count). The van der Waals surface area contributed by atoms with Gasteiger partial charge in [-0.3, -0.25) is 14.5 Å². The quantitative estimate of drug-likeness (QED) is 0.589. The highest BCUT2D eigenvalue weighted by molar-refractivity contribution is 6.11. The maximum Gasteiger partial charge on any atom is 0.573 e. The third-order valence-electron chi connectivity index (χ3n) is 4.92. The second-order valence-electron chi connectivity index (χ2n) is 7.26. The molecule has 1 aliphatic rings. The predicted molar refractivity (Wildman–Crippen MR) is 101 cm³/mol. The van der Waals surface area contributed by atoms with Crippen LogP contribution in [0.5, 0.6) is 5.75 Å². The molecule has 3 amide bonds. The molecule has 1 aliphatic heterocycles. The maximum atomic E-state index is 12.9. The number of hydrogen-bond donors (Lipinski definition) is 1. The van der Waals surface area contributed by atoms with Gasteiger partial charge in [-0.15, -0.1) is 13.2 Å². The maximum absolute atomic E-state index is 12.9. The molecule has 1 N–H and O–H groups in total. The van der Waals surface area contributed by atoms with Gasteiger partial charge in [0.1, 0.15) is 11.3 Å². The first-order valence-corrected chi connectivity index (χ1v) is 9.01. The summed E-state index contributed by atoms with van der Waals surface area (Å²) in [7, 11) is 0. The number of ether oxygens (including phenoxy) is 1. The Morgan fingerprint density at radius 2 is 1.73 bits per heavy atom. The van der Waals surface area contributed by atoms with Crippen LogP contribution in [0.2, 0.25) is 0 Å². The van der Waals surface area contributed by atoms with Crippen LogP contribution in [0.15, 0.2) is 42.5 Å². The van der Waals surface area contributed by atoms with Crippen molar-refractivity contribution >= 4 is 17.7 Å². The molecule has 0 spiro atoms. The van der Waals surface area contributed by atoms with E-state index in [1.54, 1.807) is 19.1 Å². The molecule has 1 heterocycles. The number of carbonyl (C=O) groups excluding carboxylic acids is 3. The van der Waals surface area contributed by atoms with Gasteiger partial charge in [0, 0.05) is 5.56 Å². The molecule has 30 heavy (non-hydrogen) atoms. The topological polar surface area (TPSA) is 75.7 Å². The van der Waals surface area contributed by atoms with Crippen LogP contribution < -0.4 is 10.1 Å². The second-order valence-corrected chi connectivity index (χ2v) is 7.26. The van der Waals surface area contributed by atoms with E-state index in [1.807, 2.05) is 13.0 Å². The van der Waals surface area contributed by atoms with Crippen LogP contribution in [0.3, 0.4) is 0 Å². The Labute approximate surface area is 170 Å². The van der Waals surface area contributed by atoms with Gasteiger partial charge in [-0.1, -0.05) is 35.9 Å². The number of aryl methyl sites for hydroxylation is 2. The second kappa shape index (κ2) is 7.47. The van der Waals surface area contributed by atoms with E-state index in [4.69, 9.17) is 0 Å². The Kier molecular flexibility index (Phi) is 5.32. The van der Waals surface area contributed by atoms with Crippen molar-refractivity contribution in [3.05, 3.63) is 64.7 Å². The SMILES string of the molecule is Cc1ccc(C(=O)CN2C(=O)NC(C)(c3ccc(OC(F)(F)F)cc3)C2=O)c(C)c1. The third kappa shape index (κ3) is 4.14. The van der Waals surface area contributed by atoms with E-state index >= 15 is 0 Å². The molecule has 2 aromatic carbocycles. The highest BCUT2D eigenvalue weighted by Crippen LogP contribution is 2.31. The highest BCUT2D eigenvalue weighted by atomic mass is 19.4. The number of carbonyl (C=O) groups is 3. The number of amides is 3. The van der Waals surface area contributed by atoms with Gasteiger partial charge < -0.3 is 10.1 Å². The van der Waals surface area contributed by atoms with E-state index in [1.165, 1.54) is 19.1 Å². The first-order valence-electron chi connectivity index (χ1n) is 9.01. The van der Waals surface area contributed by atoms with Crippen LogP contribution in [0.1, 0.15) is 34.0 Å². The van der Waals surface area contributed by atoms with Crippen molar-refractivity contribution in [2.75, 3.05) is 6.54 Å². The van der Waals surface area contributed by atoms with Crippen molar-refractivity contribution in [2.45, 2.75) is 32.7 Å². The molecule has 6 nitrogen and oxygen atoms in total.